The molecule has 142 valence electrons. The van der Waals surface area contributed by atoms with Gasteiger partial charge in [-0.2, -0.15) is 0 Å². The van der Waals surface area contributed by atoms with Crippen LogP contribution in [0.2, 0.25) is 0 Å². The van der Waals surface area contributed by atoms with E-state index in [2.05, 4.69) is 36.2 Å². The molecule has 2 aliphatic heterocycles. The van der Waals surface area contributed by atoms with Crippen molar-refractivity contribution >= 4 is 5.91 Å². The lowest BCUT2D eigenvalue weighted by atomic mass is 9.49. The highest BCUT2D eigenvalue weighted by molar-refractivity contribution is 5.77. The quantitative estimate of drug-likeness (QED) is 0.756. The molecule has 2 heterocycles. The molecule has 0 spiro atoms. The van der Waals surface area contributed by atoms with Gasteiger partial charge in [-0.15, -0.1) is 0 Å². The van der Waals surface area contributed by atoms with E-state index in [1.165, 1.54) is 51.6 Å². The van der Waals surface area contributed by atoms with Crippen LogP contribution in [0.4, 0.5) is 0 Å². The lowest BCUT2D eigenvalue weighted by Crippen LogP contribution is -2.62. The van der Waals surface area contributed by atoms with Gasteiger partial charge in [-0.3, -0.25) is 4.79 Å². The number of fused-ring (bicyclic) bond motifs is 5. The summed E-state index contributed by atoms with van der Waals surface area (Å²) in [6.45, 7) is 7.40. The van der Waals surface area contributed by atoms with E-state index in [-0.39, 0.29) is 11.4 Å². The minimum Gasteiger partial charge on any atom is -0.375 e. The van der Waals surface area contributed by atoms with Crippen LogP contribution in [0.1, 0.15) is 71.6 Å². The predicted octanol–water partition coefficient (Wildman–Crippen LogP) is 4.41. The standard InChI is InChI=1S/C23H34N2O/c1-22-11-9-17(25-13-3-4-14-25)15-16(22)5-6-18-19(22)10-12-23(2)20(18)7-8-21(26)24-23/h5,15,18-20H,3-4,6-14H2,1-2H3,(H,24,26)/t18-,19+,20+,22+,23+/m1/s1. The molecule has 0 aromatic carbocycles. The van der Waals surface area contributed by atoms with Crippen molar-refractivity contribution in [1.29, 1.82) is 0 Å². The van der Waals surface area contributed by atoms with Crippen molar-refractivity contribution in [2.45, 2.75) is 77.2 Å². The first-order valence-corrected chi connectivity index (χ1v) is 11.0. The van der Waals surface area contributed by atoms with Crippen molar-refractivity contribution in [3.05, 3.63) is 23.4 Å². The monoisotopic (exact) mass is 354 g/mol. The number of hydrogen-bond acceptors (Lipinski definition) is 2. The number of piperidine rings is 1. The molecule has 3 aliphatic carbocycles. The minimum absolute atomic E-state index is 0.0451. The van der Waals surface area contributed by atoms with Gasteiger partial charge in [0.15, 0.2) is 0 Å². The van der Waals surface area contributed by atoms with E-state index in [9.17, 15) is 4.79 Å². The third kappa shape index (κ3) is 2.42. The fraction of sp³-hybridized carbons (Fsp3) is 0.783. The van der Waals surface area contributed by atoms with Gasteiger partial charge in [-0.1, -0.05) is 13.0 Å². The summed E-state index contributed by atoms with van der Waals surface area (Å²) in [5.41, 5.74) is 3.64. The molecular formula is C23H34N2O. The van der Waals surface area contributed by atoms with Crippen molar-refractivity contribution in [2.75, 3.05) is 13.1 Å². The van der Waals surface area contributed by atoms with Gasteiger partial charge in [-0.05, 0) is 93.1 Å². The molecule has 0 aromatic rings. The lowest BCUT2D eigenvalue weighted by Gasteiger charge is -2.59. The third-order valence-electron chi connectivity index (χ3n) is 8.76. The van der Waals surface area contributed by atoms with Gasteiger partial charge in [-0.25, -0.2) is 0 Å². The molecule has 2 saturated heterocycles. The van der Waals surface area contributed by atoms with Crippen LogP contribution in [0.5, 0.6) is 0 Å². The van der Waals surface area contributed by atoms with Crippen LogP contribution in [-0.4, -0.2) is 29.4 Å². The van der Waals surface area contributed by atoms with Crippen molar-refractivity contribution in [2.24, 2.45) is 23.2 Å². The second kappa shape index (κ2) is 5.87. The van der Waals surface area contributed by atoms with Crippen LogP contribution in [0.15, 0.2) is 23.4 Å². The molecule has 3 nitrogen and oxygen atoms in total. The average Bonchev–Trinajstić information content (AvgIpc) is 3.14. The van der Waals surface area contributed by atoms with Crippen LogP contribution in [0.3, 0.4) is 0 Å². The molecule has 5 rings (SSSR count). The average molecular weight is 355 g/mol. The van der Waals surface area contributed by atoms with Crippen LogP contribution in [0.25, 0.3) is 0 Å². The number of likely N-dealkylation sites (tertiary alicyclic amines) is 1. The number of nitrogens with one attached hydrogen (secondary N) is 1. The molecular weight excluding hydrogens is 320 g/mol. The molecule has 1 saturated carbocycles. The molecule has 0 aromatic heterocycles. The number of carbonyl (C=O) groups is 1. The molecule has 3 fully saturated rings. The van der Waals surface area contributed by atoms with Crippen LogP contribution in [-0.2, 0) is 4.79 Å². The lowest BCUT2D eigenvalue weighted by molar-refractivity contribution is -0.131. The number of carbonyl (C=O) groups excluding carboxylic acids is 1. The van der Waals surface area contributed by atoms with Crippen molar-refractivity contribution in [3.63, 3.8) is 0 Å². The van der Waals surface area contributed by atoms with E-state index < -0.39 is 0 Å². The summed E-state index contributed by atoms with van der Waals surface area (Å²) in [5, 5.41) is 3.38. The molecule has 26 heavy (non-hydrogen) atoms. The summed E-state index contributed by atoms with van der Waals surface area (Å²) >= 11 is 0. The maximum absolute atomic E-state index is 12.0. The van der Waals surface area contributed by atoms with Gasteiger partial charge in [0.25, 0.3) is 0 Å². The van der Waals surface area contributed by atoms with Crippen molar-refractivity contribution in [1.82, 2.24) is 10.2 Å². The Labute approximate surface area is 158 Å². The van der Waals surface area contributed by atoms with Crippen molar-refractivity contribution in [3.8, 4) is 0 Å². The first-order chi connectivity index (χ1) is 12.5. The smallest absolute Gasteiger partial charge is 0.220 e. The Morgan fingerprint density at radius 3 is 2.69 bits per heavy atom. The molecule has 0 bridgehead atoms. The van der Waals surface area contributed by atoms with Crippen LogP contribution in [0, 0.1) is 23.2 Å². The topological polar surface area (TPSA) is 32.3 Å². The predicted molar refractivity (Wildman–Crippen MR) is 104 cm³/mol. The Kier molecular flexibility index (Phi) is 3.82. The Hall–Kier alpha value is -1.25. The van der Waals surface area contributed by atoms with E-state index in [1.807, 2.05) is 0 Å². The Morgan fingerprint density at radius 1 is 1.08 bits per heavy atom. The number of allylic oxidation sites excluding steroid dienone is 4. The zero-order chi connectivity index (χ0) is 17.9. The summed E-state index contributed by atoms with van der Waals surface area (Å²) in [6.07, 6.45) is 15.9. The molecule has 0 radical (unpaired) electrons. The second-order valence-electron chi connectivity index (χ2n) is 10.1. The zero-order valence-corrected chi connectivity index (χ0v) is 16.5. The number of nitrogens with zero attached hydrogens (tertiary/aromatic N) is 1. The fourth-order valence-electron chi connectivity index (χ4n) is 7.24. The van der Waals surface area contributed by atoms with E-state index in [1.54, 1.807) is 11.3 Å². The van der Waals surface area contributed by atoms with E-state index in [0.29, 0.717) is 11.3 Å². The molecule has 3 heteroatoms. The first-order valence-electron chi connectivity index (χ1n) is 11.0. The summed E-state index contributed by atoms with van der Waals surface area (Å²) in [4.78, 5) is 14.6. The van der Waals surface area contributed by atoms with E-state index >= 15 is 0 Å². The van der Waals surface area contributed by atoms with Gasteiger partial charge in [0.05, 0.1) is 0 Å². The molecule has 5 atom stereocenters. The summed E-state index contributed by atoms with van der Waals surface area (Å²) in [5.74, 6) is 2.49. The fourth-order valence-corrected chi connectivity index (χ4v) is 7.24. The van der Waals surface area contributed by atoms with Gasteiger partial charge >= 0.3 is 0 Å². The second-order valence-corrected chi connectivity index (χ2v) is 10.1. The first kappa shape index (κ1) is 16.9. The summed E-state index contributed by atoms with van der Waals surface area (Å²) in [6, 6.07) is 0. The van der Waals surface area contributed by atoms with E-state index in [4.69, 9.17) is 0 Å². The maximum atomic E-state index is 12.0. The normalized spacial score (nSPS) is 45.1. The van der Waals surface area contributed by atoms with Gasteiger partial charge in [0, 0.05) is 30.7 Å². The summed E-state index contributed by atoms with van der Waals surface area (Å²) in [7, 11) is 0. The minimum atomic E-state index is 0.0451. The highest BCUT2D eigenvalue weighted by atomic mass is 16.1. The molecule has 5 aliphatic rings. The van der Waals surface area contributed by atoms with Gasteiger partial charge in [0.2, 0.25) is 5.91 Å². The van der Waals surface area contributed by atoms with Gasteiger partial charge in [0.1, 0.15) is 0 Å². The molecule has 0 unspecified atom stereocenters. The third-order valence-corrected chi connectivity index (χ3v) is 8.76. The number of amides is 1. The Bertz CT molecular complexity index is 674. The van der Waals surface area contributed by atoms with E-state index in [0.717, 1.165) is 31.1 Å². The molecule has 1 amide bonds. The van der Waals surface area contributed by atoms with Crippen molar-refractivity contribution < 1.29 is 4.79 Å². The van der Waals surface area contributed by atoms with Gasteiger partial charge < -0.3 is 10.2 Å². The Balaban J connectivity index is 1.44. The highest BCUT2D eigenvalue weighted by Gasteiger charge is 2.55. The SMILES string of the molecule is C[C@]12CCC(N3CCCC3)=CC1=CC[C@@H]1[C@@H]2CC[C@]2(C)NC(=O)CC[C@@H]12. The highest BCUT2D eigenvalue weighted by Crippen LogP contribution is 2.60. The number of rotatable bonds is 1. The largest absolute Gasteiger partial charge is 0.375 e. The van der Waals surface area contributed by atoms with Crippen LogP contribution >= 0.6 is 0 Å². The zero-order valence-electron chi connectivity index (χ0n) is 16.5. The van der Waals surface area contributed by atoms with Crippen LogP contribution < -0.4 is 5.32 Å². The maximum Gasteiger partial charge on any atom is 0.220 e. The summed E-state index contributed by atoms with van der Waals surface area (Å²) < 4.78 is 0. The molecule has 1 N–H and O–H groups in total. The Morgan fingerprint density at radius 2 is 1.88 bits per heavy atom. The number of hydrogen-bond donors (Lipinski definition) is 1.